The van der Waals surface area contributed by atoms with Crippen molar-refractivity contribution in [1.29, 1.82) is 0 Å². The molecule has 15 heavy (non-hydrogen) atoms. The zero-order valence-corrected chi connectivity index (χ0v) is 10.5. The van der Waals surface area contributed by atoms with Crippen molar-refractivity contribution in [3.05, 3.63) is 35.5 Å². The third-order valence-electron chi connectivity index (χ3n) is 3.05. The molecule has 2 heteroatoms. The van der Waals surface area contributed by atoms with Crippen LogP contribution in [0.25, 0.3) is 10.9 Å². The SMILES string of the molecule is CSC(C)(C)c1c(C)ccc2cc[nH]c12. The lowest BCUT2D eigenvalue weighted by Gasteiger charge is -2.25. The molecule has 1 N–H and O–H groups in total. The number of hydrogen-bond donors (Lipinski definition) is 1. The molecule has 0 radical (unpaired) electrons. The Kier molecular flexibility index (Phi) is 2.55. The van der Waals surface area contributed by atoms with Gasteiger partial charge in [0.25, 0.3) is 0 Å². The fourth-order valence-corrected chi connectivity index (χ4v) is 2.58. The molecule has 0 saturated heterocycles. The molecule has 80 valence electrons. The zero-order valence-electron chi connectivity index (χ0n) is 9.72. The van der Waals surface area contributed by atoms with Gasteiger partial charge < -0.3 is 4.98 Å². The van der Waals surface area contributed by atoms with Crippen molar-refractivity contribution < 1.29 is 0 Å². The first-order valence-corrected chi connectivity index (χ1v) is 6.41. The van der Waals surface area contributed by atoms with E-state index in [1.807, 2.05) is 18.0 Å². The summed E-state index contributed by atoms with van der Waals surface area (Å²) in [5, 5.41) is 1.30. The number of hydrogen-bond acceptors (Lipinski definition) is 1. The van der Waals surface area contributed by atoms with E-state index >= 15 is 0 Å². The molecule has 0 unspecified atom stereocenters. The van der Waals surface area contributed by atoms with Crippen LogP contribution in [0.1, 0.15) is 25.0 Å². The topological polar surface area (TPSA) is 15.8 Å². The molecule has 1 aromatic heterocycles. The van der Waals surface area contributed by atoms with Gasteiger partial charge in [-0.2, -0.15) is 11.8 Å². The lowest BCUT2D eigenvalue weighted by Crippen LogP contribution is -2.13. The lowest BCUT2D eigenvalue weighted by molar-refractivity contribution is 0.784. The zero-order chi connectivity index (χ0) is 11.1. The number of aromatic nitrogens is 1. The van der Waals surface area contributed by atoms with Crippen LogP contribution >= 0.6 is 11.8 Å². The summed E-state index contributed by atoms with van der Waals surface area (Å²) in [4.78, 5) is 3.36. The van der Waals surface area contributed by atoms with Gasteiger partial charge in [-0.1, -0.05) is 12.1 Å². The Labute approximate surface area is 95.3 Å². The normalized spacial score (nSPS) is 12.3. The Morgan fingerprint density at radius 1 is 1.20 bits per heavy atom. The molecule has 1 heterocycles. The minimum atomic E-state index is 0.161. The molecule has 0 fully saturated rings. The summed E-state index contributed by atoms with van der Waals surface area (Å²) in [6, 6.07) is 6.53. The van der Waals surface area contributed by atoms with E-state index in [1.165, 1.54) is 22.0 Å². The summed E-state index contributed by atoms with van der Waals surface area (Å²) >= 11 is 1.89. The van der Waals surface area contributed by atoms with Gasteiger partial charge in [0, 0.05) is 10.9 Å². The highest BCUT2D eigenvalue weighted by molar-refractivity contribution is 7.99. The molecule has 0 aliphatic heterocycles. The number of rotatable bonds is 2. The largest absolute Gasteiger partial charge is 0.361 e. The van der Waals surface area contributed by atoms with E-state index in [0.29, 0.717) is 0 Å². The quantitative estimate of drug-likeness (QED) is 0.805. The van der Waals surface area contributed by atoms with Crippen LogP contribution in [0.4, 0.5) is 0 Å². The van der Waals surface area contributed by atoms with E-state index in [2.05, 4.69) is 50.2 Å². The molecule has 1 nitrogen and oxygen atoms in total. The summed E-state index contributed by atoms with van der Waals surface area (Å²) in [5.74, 6) is 0. The first kappa shape index (κ1) is 10.6. The Morgan fingerprint density at radius 2 is 1.93 bits per heavy atom. The van der Waals surface area contributed by atoms with Crippen LogP contribution in [0.15, 0.2) is 24.4 Å². The Balaban J connectivity index is 2.77. The van der Waals surface area contributed by atoms with E-state index in [-0.39, 0.29) is 4.75 Å². The van der Waals surface area contributed by atoms with Crippen molar-refractivity contribution in [3.8, 4) is 0 Å². The summed E-state index contributed by atoms with van der Waals surface area (Å²) in [6.07, 6.45) is 4.19. The lowest BCUT2D eigenvalue weighted by atomic mass is 9.95. The van der Waals surface area contributed by atoms with Gasteiger partial charge in [-0.3, -0.25) is 0 Å². The van der Waals surface area contributed by atoms with Crippen molar-refractivity contribution >= 4 is 22.7 Å². The predicted octanol–water partition coefficient (Wildman–Crippen LogP) is 4.07. The Bertz CT molecular complexity index is 482. The van der Waals surface area contributed by atoms with Gasteiger partial charge >= 0.3 is 0 Å². The van der Waals surface area contributed by atoms with E-state index < -0.39 is 0 Å². The fraction of sp³-hybridized carbons (Fsp3) is 0.385. The number of aromatic amines is 1. The van der Waals surface area contributed by atoms with Crippen LogP contribution in [-0.4, -0.2) is 11.2 Å². The standard InChI is InChI=1S/C13H17NS/c1-9-5-6-10-7-8-14-12(10)11(9)13(2,3)15-4/h5-8,14H,1-4H3. The minimum Gasteiger partial charge on any atom is -0.361 e. The molecule has 0 aliphatic carbocycles. The Hall–Kier alpha value is -0.890. The molecule has 0 bridgehead atoms. The predicted molar refractivity (Wildman–Crippen MR) is 69.6 cm³/mol. The second-order valence-electron chi connectivity index (χ2n) is 4.41. The average molecular weight is 219 g/mol. The van der Waals surface area contributed by atoms with Crippen molar-refractivity contribution in [2.75, 3.05) is 6.26 Å². The van der Waals surface area contributed by atoms with Crippen LogP contribution in [0.2, 0.25) is 0 Å². The minimum absolute atomic E-state index is 0.161. The highest BCUT2D eigenvalue weighted by atomic mass is 32.2. The molecule has 0 spiro atoms. The first-order valence-electron chi connectivity index (χ1n) is 5.18. The van der Waals surface area contributed by atoms with Crippen LogP contribution in [0.3, 0.4) is 0 Å². The smallest absolute Gasteiger partial charge is 0.0503 e. The van der Waals surface area contributed by atoms with E-state index in [4.69, 9.17) is 0 Å². The number of thioether (sulfide) groups is 1. The van der Waals surface area contributed by atoms with Crippen LogP contribution in [0, 0.1) is 6.92 Å². The highest BCUT2D eigenvalue weighted by Gasteiger charge is 2.23. The van der Waals surface area contributed by atoms with Crippen LogP contribution < -0.4 is 0 Å². The van der Waals surface area contributed by atoms with Crippen LogP contribution in [-0.2, 0) is 4.75 Å². The number of aryl methyl sites for hydroxylation is 1. The van der Waals surface area contributed by atoms with Gasteiger partial charge in [-0.25, -0.2) is 0 Å². The van der Waals surface area contributed by atoms with E-state index in [1.54, 1.807) is 0 Å². The highest BCUT2D eigenvalue weighted by Crippen LogP contribution is 2.39. The van der Waals surface area contributed by atoms with Crippen molar-refractivity contribution in [1.82, 2.24) is 4.98 Å². The maximum atomic E-state index is 3.36. The number of fused-ring (bicyclic) bond motifs is 1. The number of nitrogens with one attached hydrogen (secondary N) is 1. The second kappa shape index (κ2) is 3.60. The summed E-state index contributed by atoms with van der Waals surface area (Å²) in [6.45, 7) is 6.74. The molecular formula is C13H17NS. The molecular weight excluding hydrogens is 202 g/mol. The van der Waals surface area contributed by atoms with Gasteiger partial charge in [-0.15, -0.1) is 0 Å². The summed E-state index contributed by atoms with van der Waals surface area (Å²) in [5.41, 5.74) is 4.08. The summed E-state index contributed by atoms with van der Waals surface area (Å²) < 4.78 is 0.161. The monoisotopic (exact) mass is 219 g/mol. The molecule has 0 saturated carbocycles. The fourth-order valence-electron chi connectivity index (χ4n) is 2.11. The molecule has 0 aliphatic rings. The number of benzene rings is 1. The van der Waals surface area contributed by atoms with Crippen LogP contribution in [0.5, 0.6) is 0 Å². The van der Waals surface area contributed by atoms with Gasteiger partial charge in [0.2, 0.25) is 0 Å². The summed E-state index contributed by atoms with van der Waals surface area (Å²) in [7, 11) is 0. The van der Waals surface area contributed by atoms with Gasteiger partial charge in [0.15, 0.2) is 0 Å². The van der Waals surface area contributed by atoms with Gasteiger partial charge in [0.05, 0.1) is 5.52 Å². The van der Waals surface area contributed by atoms with E-state index in [9.17, 15) is 0 Å². The molecule has 2 aromatic rings. The van der Waals surface area contributed by atoms with Gasteiger partial charge in [0.1, 0.15) is 0 Å². The molecule has 0 atom stereocenters. The van der Waals surface area contributed by atoms with Crippen molar-refractivity contribution in [2.24, 2.45) is 0 Å². The maximum Gasteiger partial charge on any atom is 0.0503 e. The molecule has 2 rings (SSSR count). The second-order valence-corrected chi connectivity index (χ2v) is 5.84. The first-order chi connectivity index (χ1) is 7.06. The average Bonchev–Trinajstić information content (AvgIpc) is 2.64. The maximum absolute atomic E-state index is 3.36. The van der Waals surface area contributed by atoms with E-state index in [0.717, 1.165) is 0 Å². The third-order valence-corrected chi connectivity index (χ3v) is 4.27. The third kappa shape index (κ3) is 1.67. The Morgan fingerprint density at radius 3 is 2.60 bits per heavy atom. The molecule has 1 aromatic carbocycles. The van der Waals surface area contributed by atoms with Crippen molar-refractivity contribution in [2.45, 2.75) is 25.5 Å². The molecule has 0 amide bonds. The van der Waals surface area contributed by atoms with Gasteiger partial charge in [-0.05, 0) is 49.6 Å². The number of H-pyrrole nitrogens is 1. The van der Waals surface area contributed by atoms with Crippen molar-refractivity contribution in [3.63, 3.8) is 0 Å².